The van der Waals surface area contributed by atoms with E-state index in [1.54, 1.807) is 6.07 Å². The summed E-state index contributed by atoms with van der Waals surface area (Å²) in [6.45, 7) is 5.11. The molecule has 1 rings (SSSR count). The predicted molar refractivity (Wildman–Crippen MR) is 74.9 cm³/mol. The molecule has 0 bridgehead atoms. The highest BCUT2D eigenvalue weighted by Crippen LogP contribution is 2.35. The zero-order chi connectivity index (χ0) is 13.7. The Kier molecular flexibility index (Phi) is 5.91. The molecule has 4 nitrogen and oxygen atoms in total. The molecular formula is C13H20BrNO3. The number of methoxy groups -OCH3 is 1. The first kappa shape index (κ1) is 15.3. The Bertz CT molecular complexity index is 396. The molecule has 0 aliphatic carbocycles. The third kappa shape index (κ3) is 4.15. The van der Waals surface area contributed by atoms with E-state index in [2.05, 4.69) is 21.2 Å². The summed E-state index contributed by atoms with van der Waals surface area (Å²) in [4.78, 5) is 0. The number of hydrogen-bond acceptors (Lipinski definition) is 4. The Labute approximate surface area is 116 Å². The van der Waals surface area contributed by atoms with Crippen molar-refractivity contribution in [1.29, 1.82) is 0 Å². The van der Waals surface area contributed by atoms with Gasteiger partial charge in [-0.15, -0.1) is 0 Å². The van der Waals surface area contributed by atoms with Gasteiger partial charge >= 0.3 is 0 Å². The summed E-state index contributed by atoms with van der Waals surface area (Å²) in [5, 5.41) is 22.5. The van der Waals surface area contributed by atoms with Crippen molar-refractivity contribution in [2.75, 3.05) is 13.7 Å². The van der Waals surface area contributed by atoms with Gasteiger partial charge in [0.2, 0.25) is 0 Å². The lowest BCUT2D eigenvalue weighted by atomic mass is 10.1. The van der Waals surface area contributed by atoms with Crippen molar-refractivity contribution in [3.8, 4) is 11.5 Å². The van der Waals surface area contributed by atoms with Gasteiger partial charge < -0.3 is 20.3 Å². The smallest absolute Gasteiger partial charge is 0.172 e. The number of aliphatic hydroxyl groups excluding tert-OH is 1. The van der Waals surface area contributed by atoms with E-state index < -0.39 is 0 Å². The molecule has 5 heteroatoms. The van der Waals surface area contributed by atoms with Crippen LogP contribution in [0.3, 0.4) is 0 Å². The summed E-state index contributed by atoms with van der Waals surface area (Å²) < 4.78 is 5.68. The first-order valence-corrected chi connectivity index (χ1v) is 6.69. The summed E-state index contributed by atoms with van der Waals surface area (Å²) in [6, 6.07) is 3.60. The number of rotatable bonds is 6. The number of phenols is 1. The van der Waals surface area contributed by atoms with Gasteiger partial charge in [-0.3, -0.25) is 0 Å². The highest BCUT2D eigenvalue weighted by atomic mass is 79.9. The molecule has 0 fully saturated rings. The number of hydrogen-bond donors (Lipinski definition) is 3. The van der Waals surface area contributed by atoms with Crippen LogP contribution in [0.2, 0.25) is 0 Å². The summed E-state index contributed by atoms with van der Waals surface area (Å²) in [6.07, 6.45) is -0.354. The van der Waals surface area contributed by atoms with E-state index in [0.717, 1.165) is 5.56 Å². The topological polar surface area (TPSA) is 61.7 Å². The number of halogens is 1. The van der Waals surface area contributed by atoms with Crippen molar-refractivity contribution in [3.05, 3.63) is 22.2 Å². The number of benzene rings is 1. The van der Waals surface area contributed by atoms with E-state index in [-0.39, 0.29) is 17.8 Å². The molecule has 1 aromatic carbocycles. The summed E-state index contributed by atoms with van der Waals surface area (Å²) >= 11 is 3.27. The van der Waals surface area contributed by atoms with Crippen molar-refractivity contribution in [2.24, 2.45) is 5.92 Å². The zero-order valence-electron chi connectivity index (χ0n) is 10.9. The summed E-state index contributed by atoms with van der Waals surface area (Å²) in [5.74, 6) is 0.771. The van der Waals surface area contributed by atoms with Gasteiger partial charge in [-0.2, -0.15) is 0 Å². The number of aliphatic hydroxyl groups is 1. The first-order valence-electron chi connectivity index (χ1n) is 5.89. The van der Waals surface area contributed by atoms with Crippen molar-refractivity contribution < 1.29 is 14.9 Å². The van der Waals surface area contributed by atoms with Crippen molar-refractivity contribution >= 4 is 15.9 Å². The Morgan fingerprint density at radius 3 is 2.61 bits per heavy atom. The minimum Gasteiger partial charge on any atom is -0.503 e. The third-order valence-corrected chi connectivity index (χ3v) is 3.36. The van der Waals surface area contributed by atoms with E-state index in [0.29, 0.717) is 23.3 Å². The van der Waals surface area contributed by atoms with E-state index in [9.17, 15) is 10.2 Å². The summed E-state index contributed by atoms with van der Waals surface area (Å²) in [5.41, 5.74) is 0.979. The van der Waals surface area contributed by atoms with Crippen LogP contribution in [0.25, 0.3) is 0 Å². The van der Waals surface area contributed by atoms with Gasteiger partial charge in [0.1, 0.15) is 0 Å². The average Bonchev–Trinajstić information content (AvgIpc) is 2.33. The minimum absolute atomic E-state index is 0.100. The van der Waals surface area contributed by atoms with Gasteiger partial charge in [0, 0.05) is 13.1 Å². The number of ether oxygens (including phenoxy) is 1. The lowest BCUT2D eigenvalue weighted by molar-refractivity contribution is 0.123. The molecule has 0 aliphatic heterocycles. The lowest BCUT2D eigenvalue weighted by Crippen LogP contribution is -2.30. The monoisotopic (exact) mass is 317 g/mol. The van der Waals surface area contributed by atoms with Crippen LogP contribution in [-0.4, -0.2) is 30.0 Å². The highest BCUT2D eigenvalue weighted by Gasteiger charge is 2.10. The Morgan fingerprint density at radius 2 is 2.06 bits per heavy atom. The molecule has 0 saturated heterocycles. The quantitative estimate of drug-likeness (QED) is 0.753. The van der Waals surface area contributed by atoms with Crippen LogP contribution in [0.1, 0.15) is 19.4 Å². The Hall–Kier alpha value is -0.780. The fourth-order valence-electron chi connectivity index (χ4n) is 1.48. The predicted octanol–water partition coefficient (Wildman–Crippen LogP) is 2.27. The normalized spacial score (nSPS) is 12.8. The molecule has 0 radical (unpaired) electrons. The maximum atomic E-state index is 9.68. The molecule has 1 unspecified atom stereocenters. The van der Waals surface area contributed by atoms with Gasteiger partial charge in [0.15, 0.2) is 11.5 Å². The Morgan fingerprint density at radius 1 is 1.39 bits per heavy atom. The number of aromatic hydroxyl groups is 1. The van der Waals surface area contributed by atoms with Crippen molar-refractivity contribution in [1.82, 2.24) is 5.32 Å². The van der Waals surface area contributed by atoms with Crippen LogP contribution in [0.5, 0.6) is 11.5 Å². The second-order valence-electron chi connectivity index (χ2n) is 4.57. The number of nitrogens with one attached hydrogen (secondary N) is 1. The van der Waals surface area contributed by atoms with Crippen molar-refractivity contribution in [2.45, 2.75) is 26.5 Å². The van der Waals surface area contributed by atoms with Crippen LogP contribution < -0.4 is 10.1 Å². The van der Waals surface area contributed by atoms with E-state index in [1.165, 1.54) is 7.11 Å². The first-order chi connectivity index (χ1) is 8.45. The van der Waals surface area contributed by atoms with Gasteiger partial charge in [-0.25, -0.2) is 0 Å². The molecule has 102 valence electrons. The van der Waals surface area contributed by atoms with Crippen LogP contribution in [0.4, 0.5) is 0 Å². The molecule has 0 aliphatic rings. The summed E-state index contributed by atoms with van der Waals surface area (Å²) in [7, 11) is 1.52. The number of phenolic OH excluding ortho intramolecular Hbond substituents is 1. The molecule has 0 aromatic heterocycles. The molecule has 18 heavy (non-hydrogen) atoms. The Balaban J connectivity index is 2.60. The second kappa shape index (κ2) is 6.97. The highest BCUT2D eigenvalue weighted by molar-refractivity contribution is 9.10. The van der Waals surface area contributed by atoms with E-state index in [1.807, 2.05) is 19.9 Å². The largest absolute Gasteiger partial charge is 0.503 e. The van der Waals surface area contributed by atoms with E-state index in [4.69, 9.17) is 4.74 Å². The van der Waals surface area contributed by atoms with Gasteiger partial charge in [0.05, 0.1) is 17.7 Å². The average molecular weight is 318 g/mol. The fraction of sp³-hybridized carbons (Fsp3) is 0.538. The molecule has 3 N–H and O–H groups in total. The molecule has 1 aromatic rings. The van der Waals surface area contributed by atoms with Crippen LogP contribution in [-0.2, 0) is 6.54 Å². The third-order valence-electron chi connectivity index (χ3n) is 2.76. The zero-order valence-corrected chi connectivity index (χ0v) is 12.5. The van der Waals surface area contributed by atoms with Crippen LogP contribution in [0, 0.1) is 5.92 Å². The fourth-order valence-corrected chi connectivity index (χ4v) is 1.97. The van der Waals surface area contributed by atoms with Crippen LogP contribution >= 0.6 is 15.9 Å². The molecule has 0 heterocycles. The second-order valence-corrected chi connectivity index (χ2v) is 5.43. The molecule has 1 atom stereocenters. The van der Waals surface area contributed by atoms with Crippen LogP contribution in [0.15, 0.2) is 16.6 Å². The van der Waals surface area contributed by atoms with Crippen molar-refractivity contribution in [3.63, 3.8) is 0 Å². The molecule has 0 spiro atoms. The van der Waals surface area contributed by atoms with Gasteiger partial charge in [0.25, 0.3) is 0 Å². The maximum absolute atomic E-state index is 9.68. The molecular weight excluding hydrogens is 298 g/mol. The minimum atomic E-state index is -0.354. The van der Waals surface area contributed by atoms with Gasteiger partial charge in [-0.1, -0.05) is 13.8 Å². The SMILES string of the molecule is COc1cc(CNCC(O)C(C)C)cc(Br)c1O. The van der Waals surface area contributed by atoms with E-state index >= 15 is 0 Å². The molecule has 0 saturated carbocycles. The molecule has 0 amide bonds. The lowest BCUT2D eigenvalue weighted by Gasteiger charge is -2.15. The van der Waals surface area contributed by atoms with Gasteiger partial charge in [-0.05, 0) is 39.5 Å². The standard InChI is InChI=1S/C13H20BrNO3/c1-8(2)11(16)7-15-6-9-4-10(14)13(17)12(5-9)18-3/h4-5,8,11,15-17H,6-7H2,1-3H3. The maximum Gasteiger partial charge on any atom is 0.172 e.